The van der Waals surface area contributed by atoms with Gasteiger partial charge in [-0.2, -0.15) is 0 Å². The summed E-state index contributed by atoms with van der Waals surface area (Å²) in [5.74, 6) is 0. The minimum absolute atomic E-state index is 0.0874. The molecule has 1 aromatic heterocycles. The van der Waals surface area contributed by atoms with Crippen molar-refractivity contribution in [3.63, 3.8) is 0 Å². The standard InChI is InChI=1S/C17H16N4O/c1-20-15-4-2-3-5-16(15)21(17(20)22)14-8-6-12(7-9-14)13(10-18)11-19/h2-11,18H,19H2,1H3/b13-11+,18-10?. The Morgan fingerprint density at radius 2 is 1.73 bits per heavy atom. The first-order valence-electron chi connectivity index (χ1n) is 6.87. The number of nitrogens with zero attached hydrogens (tertiary/aromatic N) is 2. The molecule has 0 unspecified atom stereocenters. The van der Waals surface area contributed by atoms with Crippen LogP contribution in [0.3, 0.4) is 0 Å². The molecule has 3 aromatic rings. The van der Waals surface area contributed by atoms with Gasteiger partial charge in [0.25, 0.3) is 0 Å². The van der Waals surface area contributed by atoms with Crippen LogP contribution in [0.25, 0.3) is 22.3 Å². The predicted molar refractivity (Wildman–Crippen MR) is 89.5 cm³/mol. The summed E-state index contributed by atoms with van der Waals surface area (Å²) in [4.78, 5) is 12.5. The van der Waals surface area contributed by atoms with Crippen molar-refractivity contribution in [3.05, 3.63) is 70.8 Å². The molecule has 5 heteroatoms. The van der Waals surface area contributed by atoms with Crippen molar-refractivity contribution in [1.29, 1.82) is 5.41 Å². The lowest BCUT2D eigenvalue weighted by Crippen LogP contribution is -2.20. The van der Waals surface area contributed by atoms with Crippen LogP contribution in [0.5, 0.6) is 0 Å². The first-order chi connectivity index (χ1) is 10.7. The van der Waals surface area contributed by atoms with E-state index < -0.39 is 0 Å². The Morgan fingerprint density at radius 3 is 2.32 bits per heavy atom. The summed E-state index contributed by atoms with van der Waals surface area (Å²) in [5, 5.41) is 7.33. The highest BCUT2D eigenvalue weighted by Crippen LogP contribution is 2.19. The lowest BCUT2D eigenvalue weighted by molar-refractivity contribution is 0.846. The average Bonchev–Trinajstić information content (AvgIpc) is 2.81. The third-order valence-corrected chi connectivity index (χ3v) is 3.76. The van der Waals surface area contributed by atoms with Crippen LogP contribution in [0.1, 0.15) is 5.56 Å². The fourth-order valence-corrected chi connectivity index (χ4v) is 2.57. The monoisotopic (exact) mass is 292 g/mol. The van der Waals surface area contributed by atoms with Crippen LogP contribution in [0, 0.1) is 5.41 Å². The number of benzene rings is 2. The molecule has 0 fully saturated rings. The number of imidazole rings is 1. The van der Waals surface area contributed by atoms with E-state index in [2.05, 4.69) is 0 Å². The van der Waals surface area contributed by atoms with E-state index in [1.54, 1.807) is 16.2 Å². The number of hydrogen-bond donors (Lipinski definition) is 2. The molecular weight excluding hydrogens is 276 g/mol. The first-order valence-corrected chi connectivity index (χ1v) is 6.87. The Bertz CT molecular complexity index is 929. The van der Waals surface area contributed by atoms with Crippen LogP contribution in [0.15, 0.2) is 59.5 Å². The van der Waals surface area contributed by atoms with Gasteiger partial charge in [-0.25, -0.2) is 4.79 Å². The summed E-state index contributed by atoms with van der Waals surface area (Å²) in [5.41, 5.74) is 9.42. The van der Waals surface area contributed by atoms with Crippen LogP contribution < -0.4 is 11.4 Å². The molecule has 110 valence electrons. The zero-order valence-corrected chi connectivity index (χ0v) is 12.2. The third kappa shape index (κ3) is 2.03. The highest BCUT2D eigenvalue weighted by Gasteiger charge is 2.11. The van der Waals surface area contributed by atoms with E-state index in [1.165, 1.54) is 12.4 Å². The highest BCUT2D eigenvalue weighted by molar-refractivity contribution is 6.08. The van der Waals surface area contributed by atoms with Gasteiger partial charge in [-0.05, 0) is 29.8 Å². The summed E-state index contributed by atoms with van der Waals surface area (Å²) in [6, 6.07) is 15.1. The van der Waals surface area contributed by atoms with Crippen LogP contribution in [0.4, 0.5) is 0 Å². The number of aromatic nitrogens is 2. The molecule has 0 atom stereocenters. The maximum Gasteiger partial charge on any atom is 0.333 e. The van der Waals surface area contributed by atoms with Crippen LogP contribution in [0.2, 0.25) is 0 Å². The number of aryl methyl sites for hydroxylation is 1. The minimum atomic E-state index is -0.0874. The van der Waals surface area contributed by atoms with Crippen molar-refractivity contribution in [1.82, 2.24) is 9.13 Å². The fraction of sp³-hybridized carbons (Fsp3) is 0.0588. The molecule has 0 aliphatic rings. The van der Waals surface area contributed by atoms with Crippen molar-refractivity contribution in [2.45, 2.75) is 0 Å². The summed E-state index contributed by atoms with van der Waals surface area (Å²) >= 11 is 0. The molecule has 22 heavy (non-hydrogen) atoms. The first kappa shape index (κ1) is 13.9. The zero-order valence-electron chi connectivity index (χ0n) is 12.2. The Labute approximate surface area is 127 Å². The normalized spacial score (nSPS) is 11.8. The Balaban J connectivity index is 2.19. The molecule has 0 bridgehead atoms. The fourth-order valence-electron chi connectivity index (χ4n) is 2.57. The molecule has 0 radical (unpaired) electrons. The van der Waals surface area contributed by atoms with E-state index in [-0.39, 0.29) is 5.69 Å². The van der Waals surface area contributed by atoms with Crippen LogP contribution >= 0.6 is 0 Å². The number of hydrogen-bond acceptors (Lipinski definition) is 3. The van der Waals surface area contributed by atoms with E-state index in [4.69, 9.17) is 11.1 Å². The summed E-state index contributed by atoms with van der Waals surface area (Å²) in [7, 11) is 1.76. The lowest BCUT2D eigenvalue weighted by atomic mass is 10.1. The largest absolute Gasteiger partial charge is 0.404 e. The molecule has 0 amide bonds. The average molecular weight is 292 g/mol. The molecule has 3 N–H and O–H groups in total. The van der Waals surface area contributed by atoms with E-state index in [0.29, 0.717) is 5.57 Å². The number of allylic oxidation sites excluding steroid dienone is 1. The number of fused-ring (bicyclic) bond motifs is 1. The quantitative estimate of drug-likeness (QED) is 0.727. The second-order valence-electron chi connectivity index (χ2n) is 4.98. The molecular formula is C17H16N4O. The molecule has 5 nitrogen and oxygen atoms in total. The van der Waals surface area contributed by atoms with E-state index in [9.17, 15) is 4.79 Å². The van der Waals surface area contributed by atoms with Gasteiger partial charge < -0.3 is 11.1 Å². The third-order valence-electron chi connectivity index (χ3n) is 3.76. The molecule has 0 aliphatic heterocycles. The zero-order chi connectivity index (χ0) is 15.7. The second kappa shape index (κ2) is 5.37. The van der Waals surface area contributed by atoms with E-state index in [1.807, 2.05) is 48.5 Å². The molecule has 2 aromatic carbocycles. The molecule has 0 saturated heterocycles. The topological polar surface area (TPSA) is 76.8 Å². The van der Waals surface area contributed by atoms with Crippen molar-refractivity contribution < 1.29 is 0 Å². The SMILES string of the molecule is Cn1c(=O)n(-c2ccc(/C(C=N)=C/N)cc2)c2ccccc21. The van der Waals surface area contributed by atoms with Gasteiger partial charge in [0.05, 0.1) is 16.7 Å². The Hall–Kier alpha value is -3.08. The van der Waals surface area contributed by atoms with Crippen molar-refractivity contribution in [2.75, 3.05) is 0 Å². The summed E-state index contributed by atoms with van der Waals surface area (Å²) < 4.78 is 3.31. The van der Waals surface area contributed by atoms with Gasteiger partial charge in [0.2, 0.25) is 0 Å². The Morgan fingerprint density at radius 1 is 1.09 bits per heavy atom. The van der Waals surface area contributed by atoms with Crippen LogP contribution in [-0.2, 0) is 7.05 Å². The summed E-state index contributed by atoms with van der Waals surface area (Å²) in [6.45, 7) is 0. The number of rotatable bonds is 3. The number of para-hydroxylation sites is 2. The maximum absolute atomic E-state index is 12.5. The van der Waals surface area contributed by atoms with E-state index >= 15 is 0 Å². The lowest BCUT2D eigenvalue weighted by Gasteiger charge is -2.05. The summed E-state index contributed by atoms with van der Waals surface area (Å²) in [6.07, 6.45) is 2.60. The van der Waals surface area contributed by atoms with E-state index in [0.717, 1.165) is 22.3 Å². The predicted octanol–water partition coefficient (Wildman–Crippen LogP) is 2.28. The molecule has 0 aliphatic carbocycles. The van der Waals surface area contributed by atoms with Crippen LogP contribution in [-0.4, -0.2) is 15.3 Å². The number of nitrogens with one attached hydrogen (secondary N) is 1. The second-order valence-corrected chi connectivity index (χ2v) is 4.98. The van der Waals surface area contributed by atoms with Gasteiger partial charge in [0.15, 0.2) is 0 Å². The van der Waals surface area contributed by atoms with Gasteiger partial charge in [0, 0.05) is 25.0 Å². The maximum atomic E-state index is 12.5. The minimum Gasteiger partial charge on any atom is -0.404 e. The van der Waals surface area contributed by atoms with Gasteiger partial charge in [-0.15, -0.1) is 0 Å². The molecule has 3 rings (SSSR count). The molecule has 1 heterocycles. The van der Waals surface area contributed by atoms with Gasteiger partial charge in [-0.1, -0.05) is 24.3 Å². The highest BCUT2D eigenvalue weighted by atomic mass is 16.1. The Kier molecular flexibility index (Phi) is 3.39. The number of nitrogens with two attached hydrogens (primary N) is 1. The molecule has 0 spiro atoms. The molecule has 0 saturated carbocycles. The van der Waals surface area contributed by atoms with Crippen molar-refractivity contribution >= 4 is 22.8 Å². The van der Waals surface area contributed by atoms with Crippen molar-refractivity contribution in [2.24, 2.45) is 12.8 Å². The van der Waals surface area contributed by atoms with Crippen molar-refractivity contribution in [3.8, 4) is 5.69 Å². The smallest absolute Gasteiger partial charge is 0.333 e. The van der Waals surface area contributed by atoms with Gasteiger partial charge in [-0.3, -0.25) is 9.13 Å². The van der Waals surface area contributed by atoms with Gasteiger partial charge >= 0.3 is 5.69 Å². The van der Waals surface area contributed by atoms with Gasteiger partial charge in [0.1, 0.15) is 0 Å².